The summed E-state index contributed by atoms with van der Waals surface area (Å²) in [6, 6.07) is 17.6. The molecule has 0 spiro atoms. The number of benzene rings is 2. The Morgan fingerprint density at radius 3 is 2.61 bits per heavy atom. The van der Waals surface area contributed by atoms with Gasteiger partial charge in [-0.15, -0.1) is 0 Å². The molecule has 182 valence electrons. The van der Waals surface area contributed by atoms with Gasteiger partial charge >= 0.3 is 0 Å². The van der Waals surface area contributed by atoms with Crippen molar-refractivity contribution in [1.29, 1.82) is 0 Å². The summed E-state index contributed by atoms with van der Waals surface area (Å²) in [4.78, 5) is 3.81. The molecule has 1 N–H and O–H groups in total. The second-order valence-corrected chi connectivity index (χ2v) is 9.91. The third-order valence-corrected chi connectivity index (χ3v) is 7.84. The lowest BCUT2D eigenvalue weighted by molar-refractivity contribution is 0.0652. The SMILES string of the molecule is CC1C2=C(CCC2(O)CCc2ccccc2-c2ccc(F)nc2)Cc2c1cnn2-c1ccc(F)cc1. The fourth-order valence-electron chi connectivity index (χ4n) is 6.09. The van der Waals surface area contributed by atoms with E-state index in [1.165, 1.54) is 23.8 Å². The molecule has 0 amide bonds. The molecule has 2 atom stereocenters. The van der Waals surface area contributed by atoms with E-state index in [2.05, 4.69) is 23.1 Å². The van der Waals surface area contributed by atoms with Gasteiger partial charge in [-0.1, -0.05) is 36.8 Å². The van der Waals surface area contributed by atoms with Gasteiger partial charge in [0.15, 0.2) is 0 Å². The van der Waals surface area contributed by atoms with Crippen molar-refractivity contribution in [2.45, 2.75) is 50.5 Å². The van der Waals surface area contributed by atoms with Crippen molar-refractivity contribution in [3.05, 3.63) is 113 Å². The van der Waals surface area contributed by atoms with Crippen molar-refractivity contribution in [3.8, 4) is 16.8 Å². The van der Waals surface area contributed by atoms with Gasteiger partial charge in [0.1, 0.15) is 5.82 Å². The second kappa shape index (κ2) is 8.79. The molecule has 0 saturated carbocycles. The van der Waals surface area contributed by atoms with Crippen LogP contribution in [0.1, 0.15) is 48.9 Å². The van der Waals surface area contributed by atoms with E-state index >= 15 is 0 Å². The fourth-order valence-corrected chi connectivity index (χ4v) is 6.09. The average molecular weight is 484 g/mol. The lowest BCUT2D eigenvalue weighted by Crippen LogP contribution is -2.32. The Bertz CT molecular complexity index is 1460. The molecule has 0 fully saturated rings. The monoisotopic (exact) mass is 483 g/mol. The first-order chi connectivity index (χ1) is 17.4. The Labute approximate surface area is 209 Å². The van der Waals surface area contributed by atoms with E-state index in [4.69, 9.17) is 0 Å². The van der Waals surface area contributed by atoms with Crippen LogP contribution in [0.15, 0.2) is 84.2 Å². The van der Waals surface area contributed by atoms with Gasteiger partial charge in [-0.3, -0.25) is 0 Å². The van der Waals surface area contributed by atoms with Crippen LogP contribution < -0.4 is 0 Å². The van der Waals surface area contributed by atoms with Crippen LogP contribution in [0, 0.1) is 11.8 Å². The van der Waals surface area contributed by atoms with Crippen LogP contribution in [-0.2, 0) is 12.8 Å². The second-order valence-electron chi connectivity index (χ2n) is 9.91. The van der Waals surface area contributed by atoms with Gasteiger partial charge in [-0.2, -0.15) is 9.49 Å². The third kappa shape index (κ3) is 3.86. The van der Waals surface area contributed by atoms with Crippen molar-refractivity contribution >= 4 is 0 Å². The highest BCUT2D eigenvalue weighted by Crippen LogP contribution is 2.50. The molecule has 4 aromatic rings. The number of aryl methyl sites for hydroxylation is 1. The zero-order chi connectivity index (χ0) is 24.9. The highest BCUT2D eigenvalue weighted by molar-refractivity contribution is 5.66. The molecule has 2 aromatic carbocycles. The summed E-state index contributed by atoms with van der Waals surface area (Å²) in [6.45, 7) is 2.15. The Balaban J connectivity index is 1.27. The lowest BCUT2D eigenvalue weighted by atomic mass is 9.76. The van der Waals surface area contributed by atoms with Gasteiger partial charge in [-0.25, -0.2) is 14.1 Å². The van der Waals surface area contributed by atoms with E-state index in [9.17, 15) is 13.9 Å². The van der Waals surface area contributed by atoms with Crippen LogP contribution >= 0.6 is 0 Å². The molecule has 6 heteroatoms. The number of aromatic nitrogens is 3. The van der Waals surface area contributed by atoms with Gasteiger partial charge < -0.3 is 5.11 Å². The molecule has 2 unspecified atom stereocenters. The Kier molecular flexibility index (Phi) is 5.56. The van der Waals surface area contributed by atoms with Crippen molar-refractivity contribution in [2.75, 3.05) is 0 Å². The predicted molar refractivity (Wildman–Crippen MR) is 135 cm³/mol. The first-order valence-corrected chi connectivity index (χ1v) is 12.4. The number of halogens is 2. The average Bonchev–Trinajstić information content (AvgIpc) is 3.46. The minimum atomic E-state index is -0.876. The zero-order valence-electron chi connectivity index (χ0n) is 20.1. The largest absolute Gasteiger partial charge is 0.385 e. The molecule has 0 aliphatic heterocycles. The summed E-state index contributed by atoms with van der Waals surface area (Å²) in [5.74, 6) is -0.706. The van der Waals surface area contributed by atoms with E-state index in [-0.39, 0.29) is 11.7 Å². The predicted octanol–water partition coefficient (Wildman–Crippen LogP) is 6.33. The van der Waals surface area contributed by atoms with Crippen LogP contribution in [0.2, 0.25) is 0 Å². The van der Waals surface area contributed by atoms with Gasteiger partial charge in [0.25, 0.3) is 0 Å². The number of hydrogen-bond acceptors (Lipinski definition) is 3. The fraction of sp³-hybridized carbons (Fsp3) is 0.267. The highest BCUT2D eigenvalue weighted by Gasteiger charge is 2.44. The number of nitrogens with zero attached hydrogens (tertiary/aromatic N) is 3. The third-order valence-electron chi connectivity index (χ3n) is 7.84. The molecule has 2 aliphatic carbocycles. The molecule has 0 bridgehead atoms. The summed E-state index contributed by atoms with van der Waals surface area (Å²) in [5.41, 5.74) is 7.62. The number of rotatable bonds is 5. The van der Waals surface area contributed by atoms with E-state index in [1.807, 2.05) is 29.1 Å². The van der Waals surface area contributed by atoms with Crippen molar-refractivity contribution in [2.24, 2.45) is 0 Å². The molecule has 36 heavy (non-hydrogen) atoms. The van der Waals surface area contributed by atoms with Crippen LogP contribution in [0.4, 0.5) is 8.78 Å². The molecule has 6 rings (SSSR count). The van der Waals surface area contributed by atoms with Crippen molar-refractivity contribution in [3.63, 3.8) is 0 Å². The van der Waals surface area contributed by atoms with E-state index in [0.29, 0.717) is 19.3 Å². The first kappa shape index (κ1) is 22.8. The maximum Gasteiger partial charge on any atom is 0.212 e. The molecular formula is C30H27F2N3O. The molecule has 2 heterocycles. The smallest absolute Gasteiger partial charge is 0.212 e. The van der Waals surface area contributed by atoms with E-state index in [1.54, 1.807) is 24.4 Å². The number of hydrogen-bond donors (Lipinski definition) is 1. The van der Waals surface area contributed by atoms with Gasteiger partial charge in [0.2, 0.25) is 5.95 Å². The Hall–Kier alpha value is -3.64. The summed E-state index contributed by atoms with van der Waals surface area (Å²) < 4.78 is 28.7. The van der Waals surface area contributed by atoms with Crippen LogP contribution in [0.25, 0.3) is 16.8 Å². The number of fused-ring (bicyclic) bond motifs is 1. The van der Waals surface area contributed by atoms with Crippen LogP contribution in [0.3, 0.4) is 0 Å². The summed E-state index contributed by atoms with van der Waals surface area (Å²) in [6.07, 6.45) is 7.07. The van der Waals surface area contributed by atoms with Gasteiger partial charge in [-0.05, 0) is 78.8 Å². The van der Waals surface area contributed by atoms with E-state index in [0.717, 1.165) is 52.0 Å². The van der Waals surface area contributed by atoms with Crippen molar-refractivity contribution in [1.82, 2.24) is 14.8 Å². The van der Waals surface area contributed by atoms with E-state index < -0.39 is 11.5 Å². The summed E-state index contributed by atoms with van der Waals surface area (Å²) in [5, 5.41) is 16.5. The van der Waals surface area contributed by atoms with Gasteiger partial charge in [0, 0.05) is 29.7 Å². The van der Waals surface area contributed by atoms with Gasteiger partial charge in [0.05, 0.1) is 23.2 Å². The maximum absolute atomic E-state index is 13.4. The molecule has 0 saturated heterocycles. The standard InChI is InChI=1S/C30H27F2N3O/c1-19-26-18-34-35(24-9-7-23(31)8-10-24)27(26)16-21-13-15-30(36,29(19)21)14-12-20-4-2-3-5-25(20)22-6-11-28(32)33-17-22/h2-11,17-19,36H,12-16H2,1H3. The first-order valence-electron chi connectivity index (χ1n) is 12.4. The van der Waals surface area contributed by atoms with Crippen LogP contribution in [-0.4, -0.2) is 25.5 Å². The molecule has 2 aromatic heterocycles. The quantitative estimate of drug-likeness (QED) is 0.267. The Morgan fingerprint density at radius 2 is 1.83 bits per heavy atom. The topological polar surface area (TPSA) is 50.9 Å². The highest BCUT2D eigenvalue weighted by atomic mass is 19.1. The Morgan fingerprint density at radius 1 is 1.03 bits per heavy atom. The molecule has 4 nitrogen and oxygen atoms in total. The minimum Gasteiger partial charge on any atom is -0.385 e. The maximum atomic E-state index is 13.4. The summed E-state index contributed by atoms with van der Waals surface area (Å²) >= 11 is 0. The van der Waals surface area contributed by atoms with Crippen LogP contribution in [0.5, 0.6) is 0 Å². The minimum absolute atomic E-state index is 0.0574. The lowest BCUT2D eigenvalue weighted by Gasteiger charge is -2.33. The number of allylic oxidation sites excluding steroid dienone is 1. The summed E-state index contributed by atoms with van der Waals surface area (Å²) in [7, 11) is 0. The number of pyridine rings is 1. The molecule has 0 radical (unpaired) electrons. The normalized spacial score (nSPS) is 20.9. The molecular weight excluding hydrogens is 456 g/mol. The van der Waals surface area contributed by atoms with Crippen molar-refractivity contribution < 1.29 is 13.9 Å². The number of aliphatic hydroxyl groups is 1. The molecule has 2 aliphatic rings. The zero-order valence-corrected chi connectivity index (χ0v) is 20.1.